The molecule has 0 aliphatic heterocycles. The molecule has 1 aromatic rings. The van der Waals surface area contributed by atoms with E-state index in [9.17, 15) is 12.8 Å². The van der Waals surface area contributed by atoms with Crippen molar-refractivity contribution in [3.8, 4) is 0 Å². The van der Waals surface area contributed by atoms with Crippen LogP contribution < -0.4 is 5.73 Å². The Morgan fingerprint density at radius 3 is 2.59 bits per heavy atom. The van der Waals surface area contributed by atoms with Gasteiger partial charge >= 0.3 is 0 Å². The molecule has 0 aliphatic rings. The largest absolute Gasteiger partial charge is 0.392 e. The molecular weight excluding hydrogens is 263 g/mol. The Morgan fingerprint density at radius 2 is 2.12 bits per heavy atom. The molecular formula is C10H13FN2O2S2. The first-order valence-corrected chi connectivity index (χ1v) is 6.64. The summed E-state index contributed by atoms with van der Waals surface area (Å²) in [4.78, 5) is -0.0596. The van der Waals surface area contributed by atoms with Crippen LogP contribution in [0.1, 0.15) is 6.92 Å². The smallest absolute Gasteiger partial charge is 0.243 e. The van der Waals surface area contributed by atoms with Crippen molar-refractivity contribution in [3.63, 3.8) is 0 Å². The van der Waals surface area contributed by atoms with E-state index in [0.29, 0.717) is 0 Å². The normalized spacial score (nSPS) is 13.6. The molecule has 1 rings (SSSR count). The van der Waals surface area contributed by atoms with Crippen molar-refractivity contribution in [1.82, 2.24) is 4.31 Å². The summed E-state index contributed by atoms with van der Waals surface area (Å²) < 4.78 is 38.2. The van der Waals surface area contributed by atoms with Crippen molar-refractivity contribution in [2.45, 2.75) is 17.9 Å². The lowest BCUT2D eigenvalue weighted by Crippen LogP contribution is -2.42. The zero-order valence-electron chi connectivity index (χ0n) is 9.42. The number of thiocarbonyl (C=S) groups is 1. The van der Waals surface area contributed by atoms with Crippen LogP contribution in [0, 0.1) is 5.82 Å². The zero-order valence-corrected chi connectivity index (χ0v) is 11.1. The first-order valence-electron chi connectivity index (χ1n) is 4.79. The minimum absolute atomic E-state index is 0.0625. The number of rotatable bonds is 4. The van der Waals surface area contributed by atoms with Crippen LogP contribution in [0.5, 0.6) is 0 Å². The average Bonchev–Trinajstić information content (AvgIpc) is 2.26. The van der Waals surface area contributed by atoms with Crippen molar-refractivity contribution in [2.24, 2.45) is 5.73 Å². The number of hydrogen-bond acceptors (Lipinski definition) is 3. The Bertz CT molecular complexity index is 531. The Labute approximate surface area is 105 Å². The summed E-state index contributed by atoms with van der Waals surface area (Å²) >= 11 is 4.74. The third kappa shape index (κ3) is 2.99. The molecule has 4 nitrogen and oxygen atoms in total. The van der Waals surface area contributed by atoms with Gasteiger partial charge in [0.1, 0.15) is 5.82 Å². The third-order valence-electron chi connectivity index (χ3n) is 2.43. The van der Waals surface area contributed by atoms with E-state index in [-0.39, 0.29) is 9.88 Å². The lowest BCUT2D eigenvalue weighted by atomic mass is 10.3. The van der Waals surface area contributed by atoms with Crippen molar-refractivity contribution < 1.29 is 12.8 Å². The van der Waals surface area contributed by atoms with Crippen LogP contribution in [-0.4, -0.2) is 30.8 Å². The molecule has 0 fully saturated rings. The maximum Gasteiger partial charge on any atom is 0.243 e. The van der Waals surface area contributed by atoms with Gasteiger partial charge in [-0.05, 0) is 25.1 Å². The van der Waals surface area contributed by atoms with Crippen molar-refractivity contribution >= 4 is 27.2 Å². The van der Waals surface area contributed by atoms with Crippen LogP contribution in [0.2, 0.25) is 0 Å². The average molecular weight is 276 g/mol. The van der Waals surface area contributed by atoms with E-state index in [1.807, 2.05) is 0 Å². The summed E-state index contributed by atoms with van der Waals surface area (Å²) in [7, 11) is -2.43. The van der Waals surface area contributed by atoms with Gasteiger partial charge in [0.05, 0.1) is 15.9 Å². The van der Waals surface area contributed by atoms with E-state index >= 15 is 0 Å². The fourth-order valence-electron chi connectivity index (χ4n) is 1.18. The van der Waals surface area contributed by atoms with Crippen LogP contribution in [0.25, 0.3) is 0 Å². The van der Waals surface area contributed by atoms with E-state index < -0.39 is 21.9 Å². The van der Waals surface area contributed by atoms with Gasteiger partial charge in [-0.25, -0.2) is 12.8 Å². The van der Waals surface area contributed by atoms with Gasteiger partial charge in [0.2, 0.25) is 10.0 Å². The van der Waals surface area contributed by atoms with Crippen LogP contribution in [-0.2, 0) is 10.0 Å². The van der Waals surface area contributed by atoms with E-state index in [0.717, 1.165) is 10.4 Å². The quantitative estimate of drug-likeness (QED) is 0.837. The Balaban J connectivity index is 3.16. The molecule has 0 saturated heterocycles. The minimum Gasteiger partial charge on any atom is -0.392 e. The van der Waals surface area contributed by atoms with Gasteiger partial charge in [-0.15, -0.1) is 0 Å². The van der Waals surface area contributed by atoms with Gasteiger partial charge in [-0.1, -0.05) is 18.3 Å². The molecule has 1 atom stereocenters. The second-order valence-electron chi connectivity index (χ2n) is 3.56. The predicted molar refractivity (Wildman–Crippen MR) is 67.6 cm³/mol. The van der Waals surface area contributed by atoms with Gasteiger partial charge in [-0.2, -0.15) is 4.31 Å². The van der Waals surface area contributed by atoms with Gasteiger partial charge < -0.3 is 5.73 Å². The highest BCUT2D eigenvalue weighted by Crippen LogP contribution is 2.17. The Hall–Kier alpha value is -1.05. The Kier molecular flexibility index (Phi) is 4.18. The molecule has 1 aromatic carbocycles. The summed E-state index contributed by atoms with van der Waals surface area (Å²) in [6.45, 7) is 1.57. The highest BCUT2D eigenvalue weighted by atomic mass is 32.2. The minimum atomic E-state index is -3.78. The number of likely N-dealkylation sites (N-methyl/N-ethyl adjacent to an activating group) is 1. The zero-order chi connectivity index (χ0) is 13.2. The molecule has 2 N–H and O–H groups in total. The second kappa shape index (κ2) is 5.07. The lowest BCUT2D eigenvalue weighted by Gasteiger charge is -2.23. The topological polar surface area (TPSA) is 63.4 Å². The molecule has 0 bridgehead atoms. The molecule has 0 aliphatic carbocycles. The number of nitrogens with zero attached hydrogens (tertiary/aromatic N) is 1. The van der Waals surface area contributed by atoms with Crippen LogP contribution in [0.15, 0.2) is 29.2 Å². The van der Waals surface area contributed by atoms with Crippen LogP contribution >= 0.6 is 12.2 Å². The SMILES string of the molecule is CC(C(N)=S)N(C)S(=O)(=O)c1cccc(F)c1. The summed E-state index contributed by atoms with van der Waals surface area (Å²) in [6, 6.07) is 4.16. The van der Waals surface area contributed by atoms with Crippen LogP contribution in [0.4, 0.5) is 4.39 Å². The van der Waals surface area contributed by atoms with Crippen molar-refractivity contribution in [2.75, 3.05) is 7.05 Å². The molecule has 1 unspecified atom stereocenters. The molecule has 0 radical (unpaired) electrons. The van der Waals surface area contributed by atoms with Crippen molar-refractivity contribution in [3.05, 3.63) is 30.1 Å². The number of sulfonamides is 1. The van der Waals surface area contributed by atoms with E-state index in [1.165, 1.54) is 25.2 Å². The lowest BCUT2D eigenvalue weighted by molar-refractivity contribution is 0.451. The molecule has 0 amide bonds. The fraction of sp³-hybridized carbons (Fsp3) is 0.300. The molecule has 94 valence electrons. The second-order valence-corrected chi connectivity index (χ2v) is 6.03. The molecule has 7 heteroatoms. The maximum absolute atomic E-state index is 13.0. The van der Waals surface area contributed by atoms with E-state index in [2.05, 4.69) is 0 Å². The highest BCUT2D eigenvalue weighted by molar-refractivity contribution is 7.89. The first kappa shape index (κ1) is 14.0. The van der Waals surface area contributed by atoms with E-state index in [1.54, 1.807) is 6.92 Å². The van der Waals surface area contributed by atoms with Gasteiger partial charge in [-0.3, -0.25) is 0 Å². The summed E-state index contributed by atoms with van der Waals surface area (Å²) in [5.74, 6) is -0.609. The van der Waals surface area contributed by atoms with Gasteiger partial charge in [0.25, 0.3) is 0 Å². The molecule has 0 saturated carbocycles. The first-order chi connectivity index (χ1) is 7.76. The number of nitrogens with two attached hydrogens (primary N) is 1. The highest BCUT2D eigenvalue weighted by Gasteiger charge is 2.26. The summed E-state index contributed by atoms with van der Waals surface area (Å²) in [5.41, 5.74) is 5.39. The molecule has 0 aromatic heterocycles. The predicted octanol–water partition coefficient (Wildman–Crippen LogP) is 1.12. The Morgan fingerprint density at radius 1 is 1.53 bits per heavy atom. The third-order valence-corrected chi connectivity index (χ3v) is 4.70. The monoisotopic (exact) mass is 276 g/mol. The van der Waals surface area contributed by atoms with Gasteiger partial charge in [0, 0.05) is 7.05 Å². The maximum atomic E-state index is 13.0. The summed E-state index contributed by atoms with van der Waals surface area (Å²) in [5, 5.41) is 0. The van der Waals surface area contributed by atoms with Crippen molar-refractivity contribution in [1.29, 1.82) is 0 Å². The van der Waals surface area contributed by atoms with Crippen LogP contribution in [0.3, 0.4) is 0 Å². The molecule has 0 heterocycles. The number of benzene rings is 1. The van der Waals surface area contributed by atoms with Gasteiger partial charge in [0.15, 0.2) is 0 Å². The number of hydrogen-bond donors (Lipinski definition) is 1. The molecule has 0 spiro atoms. The number of halogens is 1. The van der Waals surface area contributed by atoms with E-state index in [4.69, 9.17) is 18.0 Å². The standard InChI is InChI=1S/C10H13FN2O2S2/c1-7(10(12)16)13(2)17(14,15)9-5-3-4-8(11)6-9/h3-7H,1-2H3,(H2,12,16). The summed E-state index contributed by atoms with van der Waals surface area (Å²) in [6.07, 6.45) is 0. The molecule has 17 heavy (non-hydrogen) atoms. The fourth-order valence-corrected chi connectivity index (χ4v) is 2.78.